The number of amides is 1. The topological polar surface area (TPSA) is 59.5 Å². The molecule has 1 aromatic heterocycles. The van der Waals surface area contributed by atoms with Crippen molar-refractivity contribution in [1.82, 2.24) is 10.0 Å². The molecular weight excluding hydrogens is 433 g/mol. The van der Waals surface area contributed by atoms with Crippen LogP contribution in [-0.4, -0.2) is 34.6 Å². The van der Waals surface area contributed by atoms with Gasteiger partial charge in [0, 0.05) is 18.8 Å². The molecule has 33 heavy (non-hydrogen) atoms. The number of pyridine rings is 1. The molecule has 0 N–H and O–H groups in total. The van der Waals surface area contributed by atoms with Crippen LogP contribution >= 0.6 is 0 Å². The Balaban J connectivity index is 1.29. The third kappa shape index (κ3) is 6.70. The van der Waals surface area contributed by atoms with Crippen molar-refractivity contribution in [1.29, 1.82) is 0 Å². The predicted octanol–water partition coefficient (Wildman–Crippen LogP) is 5.64. The van der Waals surface area contributed by atoms with Gasteiger partial charge in [-0.2, -0.15) is 18.2 Å². The molecule has 5 nitrogen and oxygen atoms in total. The summed E-state index contributed by atoms with van der Waals surface area (Å²) in [5, 5.41) is 0.706. The monoisotopic (exact) mass is 466 g/mol. The highest BCUT2D eigenvalue weighted by Crippen LogP contribution is 2.61. The fourth-order valence-corrected chi connectivity index (χ4v) is 6.73. The van der Waals surface area contributed by atoms with Gasteiger partial charge in [-0.15, -0.1) is 0 Å². The van der Waals surface area contributed by atoms with Gasteiger partial charge in [0.1, 0.15) is 6.42 Å². The molecule has 1 amide bonds. The number of halogens is 3. The van der Waals surface area contributed by atoms with Crippen LogP contribution < -0.4 is 0 Å². The molecule has 1 aromatic rings. The van der Waals surface area contributed by atoms with E-state index < -0.39 is 24.5 Å². The van der Waals surface area contributed by atoms with Crippen LogP contribution in [0.5, 0.6) is 0 Å². The van der Waals surface area contributed by atoms with E-state index in [0.717, 1.165) is 37.7 Å². The van der Waals surface area contributed by atoms with Crippen LogP contribution in [0.1, 0.15) is 76.2 Å². The zero-order chi connectivity index (χ0) is 23.5. The maximum Gasteiger partial charge on any atom is 0.397 e. The van der Waals surface area contributed by atoms with Crippen LogP contribution in [0.3, 0.4) is 0 Å². The lowest BCUT2D eigenvalue weighted by Crippen LogP contribution is -2.48. The van der Waals surface area contributed by atoms with Crippen molar-refractivity contribution >= 4 is 11.9 Å². The molecule has 1 heterocycles. The minimum absolute atomic E-state index is 0.0455. The van der Waals surface area contributed by atoms with Gasteiger partial charge in [-0.25, -0.2) is 4.79 Å². The smallest absolute Gasteiger partial charge is 0.338 e. The second-order valence-corrected chi connectivity index (χ2v) is 10.5. The molecule has 4 aliphatic rings. The zero-order valence-electron chi connectivity index (χ0n) is 19.0. The number of nitrogens with zero attached hydrogens (tertiary/aromatic N) is 2. The van der Waals surface area contributed by atoms with Crippen molar-refractivity contribution < 1.29 is 27.6 Å². The lowest BCUT2D eigenvalue weighted by molar-refractivity contribution is -0.210. The highest BCUT2D eigenvalue weighted by atomic mass is 19.4. The quantitative estimate of drug-likeness (QED) is 0.349. The molecule has 0 aromatic carbocycles. The maximum atomic E-state index is 12.9. The molecule has 0 aliphatic heterocycles. The van der Waals surface area contributed by atoms with E-state index in [2.05, 4.69) is 4.98 Å². The molecule has 5 rings (SSSR count). The number of hydrogen-bond donors (Lipinski definition) is 0. The van der Waals surface area contributed by atoms with E-state index in [0.29, 0.717) is 35.7 Å². The number of rotatable bonds is 9. The number of hydrogen-bond acceptors (Lipinski definition) is 4. The largest absolute Gasteiger partial charge is 0.397 e. The van der Waals surface area contributed by atoms with Gasteiger partial charge in [-0.3, -0.25) is 9.78 Å². The Bertz CT molecular complexity index is 793. The van der Waals surface area contributed by atoms with E-state index in [4.69, 9.17) is 4.84 Å². The minimum atomic E-state index is -4.63. The van der Waals surface area contributed by atoms with Gasteiger partial charge in [0.15, 0.2) is 0 Å². The molecule has 4 aliphatic carbocycles. The Labute approximate surface area is 193 Å². The number of alkyl halides is 3. The van der Waals surface area contributed by atoms with Gasteiger partial charge in [0.05, 0.1) is 6.54 Å². The summed E-state index contributed by atoms with van der Waals surface area (Å²) in [6, 6.07) is 3.81. The van der Waals surface area contributed by atoms with E-state index in [1.54, 1.807) is 12.4 Å². The fourth-order valence-electron chi connectivity index (χ4n) is 6.73. The summed E-state index contributed by atoms with van der Waals surface area (Å²) in [6.45, 7) is 0.0455. The summed E-state index contributed by atoms with van der Waals surface area (Å²) >= 11 is 0. The van der Waals surface area contributed by atoms with Crippen LogP contribution in [-0.2, 0) is 20.8 Å². The second kappa shape index (κ2) is 10.0. The standard InChI is InChI=1S/C25H33F3N2O3/c26-25(27,28)17-22(31)30(33-23(32)4-2-1-3-18-5-8-29-9-6-18)10-7-24-14-19-11-20(15-24)13-21(12-19)16-24/h5-6,8-9,19-21H,1-4,7,10-17H2. The van der Waals surface area contributed by atoms with E-state index in [1.807, 2.05) is 12.1 Å². The van der Waals surface area contributed by atoms with Gasteiger partial charge in [-0.05, 0) is 105 Å². The SMILES string of the molecule is O=C(CCCCc1ccncc1)ON(CCC12CC3CC(CC(C3)C1)C2)C(=O)CC(F)(F)F. The lowest BCUT2D eigenvalue weighted by Gasteiger charge is -2.57. The summed E-state index contributed by atoms with van der Waals surface area (Å²) < 4.78 is 38.6. The van der Waals surface area contributed by atoms with Crippen molar-refractivity contribution in [3.63, 3.8) is 0 Å². The summed E-state index contributed by atoms with van der Waals surface area (Å²) in [7, 11) is 0. The van der Waals surface area contributed by atoms with Crippen molar-refractivity contribution in [2.75, 3.05) is 6.54 Å². The molecule has 0 atom stereocenters. The van der Waals surface area contributed by atoms with Crippen LogP contribution in [0, 0.1) is 23.2 Å². The highest BCUT2D eigenvalue weighted by Gasteiger charge is 2.50. The molecule has 4 saturated carbocycles. The normalized spacial score (nSPS) is 28.0. The van der Waals surface area contributed by atoms with Crippen LogP contribution in [0.25, 0.3) is 0 Å². The highest BCUT2D eigenvalue weighted by molar-refractivity contribution is 5.78. The number of hydroxylamine groups is 2. The molecule has 8 heteroatoms. The summed E-state index contributed by atoms with van der Waals surface area (Å²) in [5.74, 6) is 0.290. The van der Waals surface area contributed by atoms with Crippen molar-refractivity contribution in [2.24, 2.45) is 23.2 Å². The molecule has 182 valence electrons. The van der Waals surface area contributed by atoms with Crippen LogP contribution in [0.4, 0.5) is 13.2 Å². The Hall–Kier alpha value is -2.12. The molecular formula is C25H33F3N2O3. The molecule has 0 radical (unpaired) electrons. The third-order valence-electron chi connectivity index (χ3n) is 7.70. The Morgan fingerprint density at radius 1 is 1.03 bits per heavy atom. The van der Waals surface area contributed by atoms with E-state index in [-0.39, 0.29) is 18.4 Å². The first kappa shape index (κ1) is 24.0. The average molecular weight is 467 g/mol. The second-order valence-electron chi connectivity index (χ2n) is 10.5. The van der Waals surface area contributed by atoms with E-state index in [9.17, 15) is 22.8 Å². The lowest BCUT2D eigenvalue weighted by atomic mass is 9.49. The van der Waals surface area contributed by atoms with Gasteiger partial charge >= 0.3 is 12.1 Å². The average Bonchev–Trinajstić information content (AvgIpc) is 2.73. The molecule has 0 spiro atoms. The van der Waals surface area contributed by atoms with E-state index in [1.165, 1.54) is 19.3 Å². The molecule has 0 unspecified atom stereocenters. The number of carbonyl (C=O) groups is 2. The number of aromatic nitrogens is 1. The maximum absolute atomic E-state index is 12.9. The van der Waals surface area contributed by atoms with Gasteiger partial charge in [-0.1, -0.05) is 0 Å². The Morgan fingerprint density at radius 2 is 1.64 bits per heavy atom. The number of unbranched alkanes of at least 4 members (excludes halogenated alkanes) is 1. The number of carbonyl (C=O) groups excluding carboxylic acids is 2. The summed E-state index contributed by atoms with van der Waals surface area (Å²) in [6.07, 6.45) is 6.97. The van der Waals surface area contributed by atoms with Crippen molar-refractivity contribution in [3.8, 4) is 0 Å². The Kier molecular flexibility index (Phi) is 7.29. The predicted molar refractivity (Wildman–Crippen MR) is 115 cm³/mol. The van der Waals surface area contributed by atoms with Crippen LogP contribution in [0.2, 0.25) is 0 Å². The fraction of sp³-hybridized carbons (Fsp3) is 0.720. The van der Waals surface area contributed by atoms with Crippen molar-refractivity contribution in [2.45, 2.75) is 83.2 Å². The first-order chi connectivity index (χ1) is 15.7. The first-order valence-electron chi connectivity index (χ1n) is 12.2. The van der Waals surface area contributed by atoms with Gasteiger partial charge < -0.3 is 4.84 Å². The molecule has 0 saturated heterocycles. The van der Waals surface area contributed by atoms with Crippen LogP contribution in [0.15, 0.2) is 24.5 Å². The third-order valence-corrected chi connectivity index (χ3v) is 7.70. The molecule has 4 fully saturated rings. The summed E-state index contributed by atoms with van der Waals surface area (Å²) in [5.41, 5.74) is 1.19. The number of aryl methyl sites for hydroxylation is 1. The zero-order valence-corrected chi connectivity index (χ0v) is 19.0. The first-order valence-corrected chi connectivity index (χ1v) is 12.2. The van der Waals surface area contributed by atoms with Gasteiger partial charge in [0.25, 0.3) is 5.91 Å². The molecule has 4 bridgehead atoms. The Morgan fingerprint density at radius 3 is 2.21 bits per heavy atom. The van der Waals surface area contributed by atoms with Crippen molar-refractivity contribution in [3.05, 3.63) is 30.1 Å². The summed E-state index contributed by atoms with van der Waals surface area (Å²) in [4.78, 5) is 33.9. The van der Waals surface area contributed by atoms with E-state index >= 15 is 0 Å². The minimum Gasteiger partial charge on any atom is -0.338 e. The van der Waals surface area contributed by atoms with Gasteiger partial charge in [0.2, 0.25) is 0 Å².